The number of aromatic amines is 1. The van der Waals surface area contributed by atoms with E-state index in [4.69, 9.17) is 4.42 Å². The van der Waals surface area contributed by atoms with Gasteiger partial charge in [-0.1, -0.05) is 5.10 Å². The molecule has 2 aromatic heterocycles. The molecule has 2 heterocycles. The van der Waals surface area contributed by atoms with Gasteiger partial charge in [0, 0.05) is 0 Å². The molecule has 0 bridgehead atoms. The molecule has 2 rings (SSSR count). The first-order valence-corrected chi connectivity index (χ1v) is 4.02. The molecule has 0 aliphatic carbocycles. The van der Waals surface area contributed by atoms with E-state index in [9.17, 15) is 10.1 Å². The molecule has 2 aromatic rings. The topological polar surface area (TPSA) is 135 Å². The maximum Gasteiger partial charge on any atom is 0.433 e. The van der Waals surface area contributed by atoms with Crippen molar-refractivity contribution in [2.45, 2.75) is 0 Å². The van der Waals surface area contributed by atoms with Gasteiger partial charge in [0.25, 0.3) is 5.95 Å². The van der Waals surface area contributed by atoms with Crippen molar-refractivity contribution < 1.29 is 9.34 Å². The lowest BCUT2D eigenvalue weighted by Crippen LogP contribution is -1.91. The molecule has 16 heavy (non-hydrogen) atoms. The monoisotopic (exact) mass is 223 g/mol. The number of anilines is 1. The second-order valence-corrected chi connectivity index (χ2v) is 2.54. The summed E-state index contributed by atoms with van der Waals surface area (Å²) in [7, 11) is 0. The summed E-state index contributed by atoms with van der Waals surface area (Å²) in [6.45, 7) is 0. The second-order valence-electron chi connectivity index (χ2n) is 2.54. The third-order valence-corrected chi connectivity index (χ3v) is 1.49. The number of aromatic nitrogens is 4. The van der Waals surface area contributed by atoms with Crippen LogP contribution in [0.2, 0.25) is 0 Å². The lowest BCUT2D eigenvalue weighted by molar-refractivity contribution is -0.402. The Hall–Kier alpha value is -2.78. The van der Waals surface area contributed by atoms with E-state index in [0.717, 1.165) is 0 Å². The number of nitrogens with zero attached hydrogens (tertiary/aromatic N) is 5. The Morgan fingerprint density at radius 2 is 2.50 bits per heavy atom. The van der Waals surface area contributed by atoms with Crippen LogP contribution < -0.4 is 5.43 Å². The van der Waals surface area contributed by atoms with Crippen molar-refractivity contribution in [3.05, 3.63) is 28.0 Å². The molecule has 0 aliphatic heterocycles. The number of furan rings is 1. The fraction of sp³-hybridized carbons (Fsp3) is 0. The summed E-state index contributed by atoms with van der Waals surface area (Å²) in [5.74, 6) is 0.0704. The molecule has 0 saturated heterocycles. The van der Waals surface area contributed by atoms with E-state index in [1.165, 1.54) is 18.3 Å². The Morgan fingerprint density at radius 3 is 3.12 bits per heavy atom. The van der Waals surface area contributed by atoms with Crippen LogP contribution in [-0.2, 0) is 0 Å². The van der Waals surface area contributed by atoms with Crippen molar-refractivity contribution in [3.8, 4) is 0 Å². The molecule has 0 amide bonds. The minimum absolute atomic E-state index is 0.178. The summed E-state index contributed by atoms with van der Waals surface area (Å²) >= 11 is 0. The molecule has 0 saturated carbocycles. The number of hydrazone groups is 1. The standard InChI is InChI=1S/C6H5N7O3/c14-13(15)5-2-1-4(16-5)3-7-8-6-9-11-12-10-6/h1-3H,(H2,8,9,10,11,12)/b7-3+. The summed E-state index contributed by atoms with van der Waals surface area (Å²) in [5, 5.41) is 26.6. The fourth-order valence-corrected chi connectivity index (χ4v) is 0.873. The highest BCUT2D eigenvalue weighted by Gasteiger charge is 2.10. The summed E-state index contributed by atoms with van der Waals surface area (Å²) in [6.07, 6.45) is 1.25. The fourth-order valence-electron chi connectivity index (χ4n) is 0.873. The largest absolute Gasteiger partial charge is 0.433 e. The number of hydrogen-bond donors (Lipinski definition) is 2. The van der Waals surface area contributed by atoms with E-state index in [1.807, 2.05) is 0 Å². The molecule has 0 spiro atoms. The van der Waals surface area contributed by atoms with Crippen molar-refractivity contribution in [3.63, 3.8) is 0 Å². The molecule has 10 nitrogen and oxygen atoms in total. The Kier molecular flexibility index (Phi) is 2.54. The van der Waals surface area contributed by atoms with Gasteiger partial charge in [0.2, 0.25) is 0 Å². The Labute approximate surface area is 87.5 Å². The van der Waals surface area contributed by atoms with E-state index >= 15 is 0 Å². The zero-order valence-corrected chi connectivity index (χ0v) is 7.69. The molecule has 0 unspecified atom stereocenters. The molecule has 0 fully saturated rings. The molecule has 2 N–H and O–H groups in total. The van der Waals surface area contributed by atoms with Crippen LogP contribution in [0.25, 0.3) is 0 Å². The molecule has 0 aliphatic rings. The zero-order chi connectivity index (χ0) is 11.4. The zero-order valence-electron chi connectivity index (χ0n) is 7.69. The Morgan fingerprint density at radius 1 is 1.62 bits per heavy atom. The first-order valence-electron chi connectivity index (χ1n) is 4.02. The highest BCUT2D eigenvalue weighted by Crippen LogP contribution is 2.13. The SMILES string of the molecule is O=[N+]([O-])c1ccc(/C=N/Nc2nn[nH]n2)o1. The van der Waals surface area contributed by atoms with Gasteiger partial charge in [0.1, 0.15) is 4.92 Å². The maximum atomic E-state index is 10.3. The van der Waals surface area contributed by atoms with E-state index in [1.54, 1.807) is 0 Å². The second kappa shape index (κ2) is 4.16. The van der Waals surface area contributed by atoms with Crippen molar-refractivity contribution in [1.82, 2.24) is 20.6 Å². The van der Waals surface area contributed by atoms with Gasteiger partial charge in [0.15, 0.2) is 5.76 Å². The van der Waals surface area contributed by atoms with Crippen LogP contribution in [0.1, 0.15) is 5.76 Å². The number of nitro groups is 1. The molecular weight excluding hydrogens is 218 g/mol. The smallest absolute Gasteiger partial charge is 0.400 e. The normalized spacial score (nSPS) is 10.8. The molecule has 0 atom stereocenters. The van der Waals surface area contributed by atoms with Gasteiger partial charge in [0.05, 0.1) is 12.3 Å². The number of H-pyrrole nitrogens is 1. The van der Waals surface area contributed by atoms with E-state index in [0.29, 0.717) is 0 Å². The van der Waals surface area contributed by atoms with Gasteiger partial charge in [-0.3, -0.25) is 10.1 Å². The molecule has 10 heteroatoms. The average molecular weight is 223 g/mol. The summed E-state index contributed by atoms with van der Waals surface area (Å²) < 4.78 is 4.81. The molecule has 0 aromatic carbocycles. The molecular formula is C6H5N7O3. The minimum Gasteiger partial charge on any atom is -0.400 e. The van der Waals surface area contributed by atoms with E-state index in [2.05, 4.69) is 31.2 Å². The van der Waals surface area contributed by atoms with Gasteiger partial charge in [-0.25, -0.2) is 5.43 Å². The van der Waals surface area contributed by atoms with Crippen molar-refractivity contribution in [2.75, 3.05) is 5.43 Å². The van der Waals surface area contributed by atoms with Gasteiger partial charge in [-0.05, 0) is 11.3 Å². The van der Waals surface area contributed by atoms with Gasteiger partial charge >= 0.3 is 5.88 Å². The van der Waals surface area contributed by atoms with Crippen molar-refractivity contribution in [2.24, 2.45) is 5.10 Å². The number of nitrogens with one attached hydrogen (secondary N) is 2. The number of rotatable bonds is 4. The number of hydrogen-bond acceptors (Lipinski definition) is 8. The average Bonchev–Trinajstić information content (AvgIpc) is 2.87. The maximum absolute atomic E-state index is 10.3. The first kappa shape index (κ1) is 9.76. The summed E-state index contributed by atoms with van der Waals surface area (Å²) in [6, 6.07) is 2.65. The van der Waals surface area contributed by atoms with Crippen LogP contribution in [0.15, 0.2) is 21.7 Å². The van der Waals surface area contributed by atoms with Crippen LogP contribution in [0, 0.1) is 10.1 Å². The summed E-state index contributed by atoms with van der Waals surface area (Å²) in [5.41, 5.74) is 2.44. The highest BCUT2D eigenvalue weighted by molar-refractivity contribution is 5.76. The van der Waals surface area contributed by atoms with Gasteiger partial charge < -0.3 is 4.42 Å². The summed E-state index contributed by atoms with van der Waals surface area (Å²) in [4.78, 5) is 9.66. The third kappa shape index (κ3) is 2.17. The lowest BCUT2D eigenvalue weighted by Gasteiger charge is -1.87. The third-order valence-electron chi connectivity index (χ3n) is 1.49. The molecule has 82 valence electrons. The first-order chi connectivity index (χ1) is 7.75. The van der Waals surface area contributed by atoms with Crippen LogP contribution >= 0.6 is 0 Å². The van der Waals surface area contributed by atoms with Gasteiger partial charge in [-0.15, -0.1) is 5.10 Å². The lowest BCUT2D eigenvalue weighted by atomic mass is 10.5. The van der Waals surface area contributed by atoms with Crippen LogP contribution in [0.3, 0.4) is 0 Å². The molecule has 0 radical (unpaired) electrons. The van der Waals surface area contributed by atoms with Crippen LogP contribution in [0.5, 0.6) is 0 Å². The Bertz CT molecular complexity index is 502. The van der Waals surface area contributed by atoms with Crippen LogP contribution in [0.4, 0.5) is 11.8 Å². The van der Waals surface area contributed by atoms with Gasteiger partial charge in [-0.2, -0.15) is 10.3 Å². The quantitative estimate of drug-likeness (QED) is 0.427. The number of tetrazole rings is 1. The predicted molar refractivity (Wildman–Crippen MR) is 50.8 cm³/mol. The highest BCUT2D eigenvalue weighted by atomic mass is 16.6. The van der Waals surface area contributed by atoms with E-state index in [-0.39, 0.29) is 17.6 Å². The predicted octanol–water partition coefficient (Wildman–Crippen LogP) is 0.147. The van der Waals surface area contributed by atoms with Crippen molar-refractivity contribution in [1.29, 1.82) is 0 Å². The van der Waals surface area contributed by atoms with Crippen LogP contribution in [-0.4, -0.2) is 31.8 Å². The van der Waals surface area contributed by atoms with Crippen molar-refractivity contribution >= 4 is 18.0 Å². The Balaban J connectivity index is 1.98. The van der Waals surface area contributed by atoms with E-state index < -0.39 is 4.92 Å². The minimum atomic E-state index is -0.635.